The Morgan fingerprint density at radius 3 is 2.58 bits per heavy atom. The predicted molar refractivity (Wildman–Crippen MR) is 97.1 cm³/mol. The molecule has 0 unspecified atom stereocenters. The highest BCUT2D eigenvalue weighted by Crippen LogP contribution is 2.39. The van der Waals surface area contributed by atoms with Crippen molar-refractivity contribution in [3.05, 3.63) is 0 Å². The molecule has 6 heteroatoms. The number of aliphatic hydroxyl groups is 1. The summed E-state index contributed by atoms with van der Waals surface area (Å²) in [6.45, 7) is 6.77. The molecule has 0 aromatic heterocycles. The summed E-state index contributed by atoms with van der Waals surface area (Å²) in [5.41, 5.74) is 0.153. The summed E-state index contributed by atoms with van der Waals surface area (Å²) in [5, 5.41) is 15.9. The van der Waals surface area contributed by atoms with Crippen molar-refractivity contribution in [3.8, 4) is 0 Å². The lowest BCUT2D eigenvalue weighted by Crippen LogP contribution is -2.39. The molecule has 6 nitrogen and oxygen atoms in total. The lowest BCUT2D eigenvalue weighted by molar-refractivity contribution is -0.143. The lowest BCUT2D eigenvalue weighted by atomic mass is 9.72. The average Bonchev–Trinajstić information content (AvgIpc) is 2.58. The number of nitrogens with zero attached hydrogens (tertiary/aromatic N) is 1. The van der Waals surface area contributed by atoms with Gasteiger partial charge in [-0.15, -0.1) is 0 Å². The van der Waals surface area contributed by atoms with Crippen LogP contribution in [-0.4, -0.2) is 49.9 Å². The van der Waals surface area contributed by atoms with Crippen molar-refractivity contribution in [1.29, 1.82) is 0 Å². The summed E-state index contributed by atoms with van der Waals surface area (Å²) in [5.74, 6) is 0.648. The highest BCUT2D eigenvalue weighted by Gasteiger charge is 2.31. The molecule has 140 valence electrons. The number of guanidine groups is 1. The molecule has 0 spiro atoms. The van der Waals surface area contributed by atoms with E-state index in [4.69, 9.17) is 9.73 Å². The van der Waals surface area contributed by atoms with Crippen LogP contribution < -0.4 is 10.6 Å². The van der Waals surface area contributed by atoms with Gasteiger partial charge in [-0.1, -0.05) is 19.3 Å². The first kappa shape index (κ1) is 20.7. The number of hydrogen-bond donors (Lipinski definition) is 3. The van der Waals surface area contributed by atoms with Crippen molar-refractivity contribution in [2.75, 3.05) is 32.8 Å². The van der Waals surface area contributed by atoms with Gasteiger partial charge in [-0.05, 0) is 44.9 Å². The first-order chi connectivity index (χ1) is 11.7. The standard InChI is InChI=1S/C18H35N3O3/c1-3-19-17(20-13-8-9-16(23)24-4-2)21-15-18(12-14-22)10-6-5-7-11-18/h22H,3-15H2,1-2H3,(H2,19,20,21). The zero-order chi connectivity index (χ0) is 17.7. The highest BCUT2D eigenvalue weighted by atomic mass is 16.5. The zero-order valence-electron chi connectivity index (χ0n) is 15.4. The average molecular weight is 341 g/mol. The number of carbonyl (C=O) groups is 1. The Kier molecular flexibility index (Phi) is 10.5. The van der Waals surface area contributed by atoms with Crippen LogP contribution in [-0.2, 0) is 9.53 Å². The SMILES string of the molecule is CCNC(=NCC1(CCO)CCCCC1)NCCCC(=O)OCC. The van der Waals surface area contributed by atoms with Crippen LogP contribution in [0.5, 0.6) is 0 Å². The quantitative estimate of drug-likeness (QED) is 0.246. The lowest BCUT2D eigenvalue weighted by Gasteiger charge is -2.35. The van der Waals surface area contributed by atoms with E-state index in [1.165, 1.54) is 19.3 Å². The molecular formula is C18H35N3O3. The van der Waals surface area contributed by atoms with Gasteiger partial charge in [0, 0.05) is 32.7 Å². The summed E-state index contributed by atoms with van der Waals surface area (Å²) in [6.07, 6.45) is 8.05. The fraction of sp³-hybridized carbons (Fsp3) is 0.889. The van der Waals surface area contributed by atoms with Gasteiger partial charge in [0.25, 0.3) is 0 Å². The van der Waals surface area contributed by atoms with E-state index in [2.05, 4.69) is 10.6 Å². The molecule has 1 aliphatic rings. The molecule has 1 saturated carbocycles. The van der Waals surface area contributed by atoms with Gasteiger partial charge in [0.2, 0.25) is 0 Å². The van der Waals surface area contributed by atoms with Crippen molar-refractivity contribution < 1.29 is 14.6 Å². The van der Waals surface area contributed by atoms with Gasteiger partial charge < -0.3 is 20.5 Å². The summed E-state index contributed by atoms with van der Waals surface area (Å²) in [4.78, 5) is 16.1. The molecular weight excluding hydrogens is 306 g/mol. The van der Waals surface area contributed by atoms with Crippen LogP contribution in [0.2, 0.25) is 0 Å². The van der Waals surface area contributed by atoms with E-state index in [0.29, 0.717) is 19.6 Å². The third kappa shape index (κ3) is 7.99. The molecule has 0 atom stereocenters. The number of aliphatic imine (C=N–C) groups is 1. The minimum absolute atomic E-state index is 0.148. The Balaban J connectivity index is 2.46. The van der Waals surface area contributed by atoms with Crippen LogP contribution in [0, 0.1) is 5.41 Å². The van der Waals surface area contributed by atoms with Crippen molar-refractivity contribution >= 4 is 11.9 Å². The summed E-state index contributed by atoms with van der Waals surface area (Å²) in [7, 11) is 0. The van der Waals surface area contributed by atoms with E-state index in [0.717, 1.165) is 44.7 Å². The Morgan fingerprint density at radius 2 is 1.96 bits per heavy atom. The van der Waals surface area contributed by atoms with Crippen molar-refractivity contribution in [2.45, 2.75) is 65.2 Å². The smallest absolute Gasteiger partial charge is 0.305 e. The number of carbonyl (C=O) groups excluding carboxylic acids is 1. The molecule has 0 saturated heterocycles. The van der Waals surface area contributed by atoms with Gasteiger partial charge in [-0.2, -0.15) is 0 Å². The van der Waals surface area contributed by atoms with Crippen LogP contribution in [0.4, 0.5) is 0 Å². The summed E-state index contributed by atoms with van der Waals surface area (Å²) in [6, 6.07) is 0. The third-order valence-corrected chi connectivity index (χ3v) is 4.63. The summed E-state index contributed by atoms with van der Waals surface area (Å²) >= 11 is 0. The van der Waals surface area contributed by atoms with Gasteiger partial charge in [-0.3, -0.25) is 9.79 Å². The van der Waals surface area contributed by atoms with Crippen LogP contribution in [0.1, 0.15) is 65.2 Å². The van der Waals surface area contributed by atoms with Crippen LogP contribution >= 0.6 is 0 Å². The Morgan fingerprint density at radius 1 is 1.21 bits per heavy atom. The Labute approximate surface area is 146 Å². The molecule has 1 rings (SSSR count). The highest BCUT2D eigenvalue weighted by molar-refractivity contribution is 5.79. The van der Waals surface area contributed by atoms with Crippen LogP contribution in [0.15, 0.2) is 4.99 Å². The maximum atomic E-state index is 11.3. The molecule has 3 N–H and O–H groups in total. The minimum Gasteiger partial charge on any atom is -0.466 e. The number of ether oxygens (including phenoxy) is 1. The molecule has 0 heterocycles. The van der Waals surface area contributed by atoms with Gasteiger partial charge >= 0.3 is 5.97 Å². The van der Waals surface area contributed by atoms with Gasteiger partial charge in [0.05, 0.1) is 6.61 Å². The molecule has 0 aromatic carbocycles. The van der Waals surface area contributed by atoms with Crippen molar-refractivity contribution in [3.63, 3.8) is 0 Å². The largest absolute Gasteiger partial charge is 0.466 e. The number of aliphatic hydroxyl groups excluding tert-OH is 1. The van der Waals surface area contributed by atoms with E-state index >= 15 is 0 Å². The third-order valence-electron chi connectivity index (χ3n) is 4.63. The molecule has 24 heavy (non-hydrogen) atoms. The first-order valence-electron chi connectivity index (χ1n) is 9.44. The minimum atomic E-state index is -0.148. The fourth-order valence-electron chi connectivity index (χ4n) is 3.29. The molecule has 1 aliphatic carbocycles. The molecule has 1 fully saturated rings. The predicted octanol–water partition coefficient (Wildman–Crippen LogP) is 2.22. The fourth-order valence-corrected chi connectivity index (χ4v) is 3.29. The molecule has 0 aliphatic heterocycles. The Bertz CT molecular complexity index is 374. The zero-order valence-corrected chi connectivity index (χ0v) is 15.4. The Hall–Kier alpha value is -1.30. The van der Waals surface area contributed by atoms with E-state index in [1.807, 2.05) is 13.8 Å². The number of hydrogen-bond acceptors (Lipinski definition) is 4. The normalized spacial score (nSPS) is 17.4. The van der Waals surface area contributed by atoms with E-state index in [1.54, 1.807) is 0 Å². The number of nitrogens with one attached hydrogen (secondary N) is 2. The monoisotopic (exact) mass is 341 g/mol. The first-order valence-corrected chi connectivity index (χ1v) is 9.44. The van der Waals surface area contributed by atoms with Gasteiger partial charge in [-0.25, -0.2) is 0 Å². The molecule has 0 amide bonds. The maximum absolute atomic E-state index is 11.3. The molecule has 0 aromatic rings. The van der Waals surface area contributed by atoms with E-state index < -0.39 is 0 Å². The van der Waals surface area contributed by atoms with Crippen LogP contribution in [0.25, 0.3) is 0 Å². The van der Waals surface area contributed by atoms with Crippen molar-refractivity contribution in [1.82, 2.24) is 10.6 Å². The van der Waals surface area contributed by atoms with Crippen molar-refractivity contribution in [2.24, 2.45) is 10.4 Å². The van der Waals surface area contributed by atoms with Gasteiger partial charge in [0.1, 0.15) is 0 Å². The second-order valence-electron chi connectivity index (χ2n) is 6.56. The van der Waals surface area contributed by atoms with E-state index in [-0.39, 0.29) is 18.0 Å². The van der Waals surface area contributed by atoms with E-state index in [9.17, 15) is 9.90 Å². The summed E-state index contributed by atoms with van der Waals surface area (Å²) < 4.78 is 4.93. The molecule has 0 bridgehead atoms. The van der Waals surface area contributed by atoms with Gasteiger partial charge in [0.15, 0.2) is 5.96 Å². The van der Waals surface area contributed by atoms with Crippen LogP contribution in [0.3, 0.4) is 0 Å². The number of rotatable bonds is 10. The second-order valence-corrected chi connectivity index (χ2v) is 6.56. The topological polar surface area (TPSA) is 83.0 Å². The second kappa shape index (κ2) is 12.1. The maximum Gasteiger partial charge on any atom is 0.305 e. The number of esters is 1. The molecule has 0 radical (unpaired) electrons.